The molecule has 3 N–H and O–H groups in total. The number of halogens is 1. The predicted octanol–water partition coefficient (Wildman–Crippen LogP) is 0.877. The van der Waals surface area contributed by atoms with Gasteiger partial charge in [0.1, 0.15) is 0 Å². The zero-order valence-corrected chi connectivity index (χ0v) is 8.79. The van der Waals surface area contributed by atoms with E-state index >= 15 is 0 Å². The van der Waals surface area contributed by atoms with Gasteiger partial charge in [-0.25, -0.2) is 0 Å². The molecule has 0 aliphatic heterocycles. The lowest BCUT2D eigenvalue weighted by Gasteiger charge is -2.00. The molecule has 1 aromatic carbocycles. The minimum absolute atomic E-state index is 0. The molecule has 0 amide bonds. The molecule has 82 valence electrons. The number of carbonyl (C=O) groups excluding carboxylic acids is 1. The highest BCUT2D eigenvalue weighted by Crippen LogP contribution is 2.06. The van der Waals surface area contributed by atoms with Gasteiger partial charge in [0.15, 0.2) is 5.78 Å². The van der Waals surface area contributed by atoms with E-state index in [4.69, 9.17) is 10.8 Å². The highest BCUT2D eigenvalue weighted by molar-refractivity contribution is 5.97. The van der Waals surface area contributed by atoms with Crippen molar-refractivity contribution in [1.29, 1.82) is 0 Å². The van der Waals surface area contributed by atoms with E-state index in [0.717, 1.165) is 0 Å². The largest absolute Gasteiger partial charge is 0.481 e. The van der Waals surface area contributed by atoms with Gasteiger partial charge >= 0.3 is 5.97 Å². The Kier molecular flexibility index (Phi) is 5.59. The lowest BCUT2D eigenvalue weighted by Crippen LogP contribution is -2.13. The maximum absolute atomic E-state index is 11.2. The van der Waals surface area contributed by atoms with Crippen LogP contribution in [0.2, 0.25) is 0 Å². The van der Waals surface area contributed by atoms with Crippen LogP contribution in [-0.4, -0.2) is 23.4 Å². The molecule has 0 saturated heterocycles. The van der Waals surface area contributed by atoms with Gasteiger partial charge in [0, 0.05) is 5.56 Å². The van der Waals surface area contributed by atoms with Gasteiger partial charge in [-0.05, 0) is 11.6 Å². The number of nitrogens with two attached hydrogens (primary N) is 1. The third-order valence-electron chi connectivity index (χ3n) is 1.79. The van der Waals surface area contributed by atoms with Gasteiger partial charge in [0.05, 0.1) is 13.0 Å². The third kappa shape index (κ3) is 4.10. The number of Topliss-reactive ketones (excluding diaryl/α,β-unsaturated/α-hetero) is 1. The topological polar surface area (TPSA) is 80.4 Å². The van der Waals surface area contributed by atoms with Crippen LogP contribution in [0.3, 0.4) is 0 Å². The fraction of sp³-hybridized carbons (Fsp3) is 0.200. The van der Waals surface area contributed by atoms with Crippen LogP contribution >= 0.6 is 12.4 Å². The molecule has 0 bridgehead atoms. The summed E-state index contributed by atoms with van der Waals surface area (Å²) in [6.45, 7) is -0.0590. The van der Waals surface area contributed by atoms with Crippen molar-refractivity contribution in [2.24, 2.45) is 5.73 Å². The van der Waals surface area contributed by atoms with Crippen molar-refractivity contribution in [2.75, 3.05) is 6.54 Å². The van der Waals surface area contributed by atoms with Crippen LogP contribution in [0, 0.1) is 0 Å². The minimum atomic E-state index is -0.914. The Balaban J connectivity index is 0.00000196. The summed E-state index contributed by atoms with van der Waals surface area (Å²) in [7, 11) is 0. The standard InChI is InChI=1S/C10H11NO3.ClH/c11-6-9(12)8-3-1-2-7(4-8)5-10(13)14;/h1-4H,5-6,11H2,(H,13,14);1H. The molecule has 4 nitrogen and oxygen atoms in total. The Morgan fingerprint density at radius 3 is 2.53 bits per heavy atom. The fourth-order valence-corrected chi connectivity index (χ4v) is 1.15. The second kappa shape index (κ2) is 6.16. The maximum Gasteiger partial charge on any atom is 0.307 e. The second-order valence-electron chi connectivity index (χ2n) is 2.90. The lowest BCUT2D eigenvalue weighted by molar-refractivity contribution is -0.136. The predicted molar refractivity (Wildman–Crippen MR) is 58.4 cm³/mol. The molecule has 0 atom stereocenters. The molecule has 0 fully saturated rings. The highest BCUT2D eigenvalue weighted by atomic mass is 35.5. The SMILES string of the molecule is Cl.NCC(=O)c1cccc(CC(=O)O)c1. The number of aliphatic carboxylic acids is 1. The lowest BCUT2D eigenvalue weighted by atomic mass is 10.1. The normalized spacial score (nSPS) is 9.13. The van der Waals surface area contributed by atoms with Crippen LogP contribution in [0.4, 0.5) is 0 Å². The first-order chi connectivity index (χ1) is 6.63. The van der Waals surface area contributed by atoms with Crippen molar-refractivity contribution in [3.05, 3.63) is 35.4 Å². The number of carboxylic acids is 1. The molecule has 0 aliphatic carbocycles. The number of hydrogen-bond acceptors (Lipinski definition) is 3. The monoisotopic (exact) mass is 229 g/mol. The molecule has 1 rings (SSSR count). The number of hydrogen-bond donors (Lipinski definition) is 2. The second-order valence-corrected chi connectivity index (χ2v) is 2.90. The number of carboxylic acid groups (broad SMARTS) is 1. The van der Waals surface area contributed by atoms with Gasteiger partial charge in [0.25, 0.3) is 0 Å². The van der Waals surface area contributed by atoms with E-state index in [1.807, 2.05) is 0 Å². The highest BCUT2D eigenvalue weighted by Gasteiger charge is 2.05. The third-order valence-corrected chi connectivity index (χ3v) is 1.79. The summed E-state index contributed by atoms with van der Waals surface area (Å²) in [6, 6.07) is 6.51. The summed E-state index contributed by atoms with van der Waals surface area (Å²) in [4.78, 5) is 21.6. The van der Waals surface area contributed by atoms with Crippen molar-refractivity contribution in [2.45, 2.75) is 6.42 Å². The van der Waals surface area contributed by atoms with Crippen LogP contribution in [0.15, 0.2) is 24.3 Å². The number of ketones is 1. The summed E-state index contributed by atoms with van der Waals surface area (Å²) < 4.78 is 0. The van der Waals surface area contributed by atoms with Crippen LogP contribution in [-0.2, 0) is 11.2 Å². The van der Waals surface area contributed by atoms with Gasteiger partial charge in [-0.1, -0.05) is 18.2 Å². The Bertz CT molecular complexity index is 365. The first kappa shape index (κ1) is 13.6. The van der Waals surface area contributed by atoms with Crippen LogP contribution in [0.25, 0.3) is 0 Å². The summed E-state index contributed by atoms with van der Waals surface area (Å²) in [6.07, 6.45) is -0.0777. The maximum atomic E-state index is 11.2. The smallest absolute Gasteiger partial charge is 0.307 e. The average Bonchev–Trinajstić information content (AvgIpc) is 2.16. The van der Waals surface area contributed by atoms with Crippen molar-refractivity contribution in [1.82, 2.24) is 0 Å². The van der Waals surface area contributed by atoms with E-state index < -0.39 is 5.97 Å². The number of rotatable bonds is 4. The Morgan fingerprint density at radius 1 is 1.33 bits per heavy atom. The summed E-state index contributed by atoms with van der Waals surface area (Å²) in [5.41, 5.74) is 6.26. The first-order valence-corrected chi connectivity index (χ1v) is 4.17. The van der Waals surface area contributed by atoms with Crippen LogP contribution < -0.4 is 5.73 Å². The van der Waals surface area contributed by atoms with Crippen molar-refractivity contribution in [3.8, 4) is 0 Å². The molecule has 0 radical (unpaired) electrons. The Labute approximate surface area is 93.5 Å². The Morgan fingerprint density at radius 2 is 2.00 bits per heavy atom. The minimum Gasteiger partial charge on any atom is -0.481 e. The summed E-state index contributed by atoms with van der Waals surface area (Å²) in [5.74, 6) is -1.10. The van der Waals surface area contributed by atoms with E-state index in [9.17, 15) is 9.59 Å². The van der Waals surface area contributed by atoms with Gasteiger partial charge in [0.2, 0.25) is 0 Å². The molecule has 0 aromatic heterocycles. The number of benzene rings is 1. The summed E-state index contributed by atoms with van der Waals surface area (Å²) in [5, 5.41) is 8.54. The molecular formula is C10H12ClNO3. The van der Waals surface area contributed by atoms with Crippen molar-refractivity contribution < 1.29 is 14.7 Å². The molecule has 0 heterocycles. The molecule has 0 aliphatic rings. The van der Waals surface area contributed by atoms with Gasteiger partial charge < -0.3 is 10.8 Å². The van der Waals surface area contributed by atoms with E-state index in [-0.39, 0.29) is 31.2 Å². The van der Waals surface area contributed by atoms with E-state index in [2.05, 4.69) is 0 Å². The quantitative estimate of drug-likeness (QED) is 0.751. The molecule has 5 heteroatoms. The molecule has 15 heavy (non-hydrogen) atoms. The van der Waals surface area contributed by atoms with Gasteiger partial charge in [-0.3, -0.25) is 9.59 Å². The molecule has 0 unspecified atom stereocenters. The van der Waals surface area contributed by atoms with Gasteiger partial charge in [-0.2, -0.15) is 0 Å². The molecular weight excluding hydrogens is 218 g/mol. The first-order valence-electron chi connectivity index (χ1n) is 4.17. The van der Waals surface area contributed by atoms with E-state index in [1.54, 1.807) is 24.3 Å². The Hall–Kier alpha value is -1.39. The van der Waals surface area contributed by atoms with Crippen LogP contribution in [0.5, 0.6) is 0 Å². The summed E-state index contributed by atoms with van der Waals surface area (Å²) >= 11 is 0. The van der Waals surface area contributed by atoms with E-state index in [1.165, 1.54) is 0 Å². The average molecular weight is 230 g/mol. The fourth-order valence-electron chi connectivity index (χ4n) is 1.15. The molecule has 1 aromatic rings. The van der Waals surface area contributed by atoms with Gasteiger partial charge in [-0.15, -0.1) is 12.4 Å². The number of carbonyl (C=O) groups is 2. The molecule has 0 spiro atoms. The zero-order valence-electron chi connectivity index (χ0n) is 7.97. The zero-order chi connectivity index (χ0) is 10.6. The van der Waals surface area contributed by atoms with Crippen LogP contribution in [0.1, 0.15) is 15.9 Å². The molecule has 0 saturated carbocycles. The van der Waals surface area contributed by atoms with Crippen molar-refractivity contribution in [3.63, 3.8) is 0 Å². The van der Waals surface area contributed by atoms with Crippen molar-refractivity contribution >= 4 is 24.2 Å². The van der Waals surface area contributed by atoms with E-state index in [0.29, 0.717) is 11.1 Å².